The number of hydrogen-bond acceptors (Lipinski definition) is 2. The smallest absolute Gasteiger partial charge is 0.126 e. The molecule has 0 bridgehead atoms. The molecule has 1 aliphatic rings. The van der Waals surface area contributed by atoms with E-state index in [2.05, 4.69) is 61.1 Å². The summed E-state index contributed by atoms with van der Waals surface area (Å²) in [5, 5.41) is 3.54. The second kappa shape index (κ2) is 6.48. The number of aryl methyl sites for hydroxylation is 1. The van der Waals surface area contributed by atoms with Gasteiger partial charge >= 0.3 is 0 Å². The van der Waals surface area contributed by atoms with Gasteiger partial charge in [0, 0.05) is 22.1 Å². The number of halogens is 1. The van der Waals surface area contributed by atoms with Crippen LogP contribution in [0.5, 0.6) is 5.75 Å². The Hall–Kier alpha value is -0.540. The largest absolute Gasteiger partial charge is 0.493 e. The number of ether oxygens (including phenoxy) is 1. The van der Waals surface area contributed by atoms with Crippen molar-refractivity contribution < 1.29 is 4.74 Å². The van der Waals surface area contributed by atoms with Crippen LogP contribution in [0.1, 0.15) is 51.2 Å². The molecule has 3 heteroatoms. The Morgan fingerprint density at radius 3 is 2.60 bits per heavy atom. The Kier molecular flexibility index (Phi) is 5.14. The van der Waals surface area contributed by atoms with E-state index in [-0.39, 0.29) is 5.54 Å². The Balaban J connectivity index is 2.05. The number of nitrogens with one attached hydrogen (secondary N) is 1. The van der Waals surface area contributed by atoms with Gasteiger partial charge in [0.05, 0.1) is 6.61 Å². The molecule has 0 amide bonds. The molecule has 0 heterocycles. The topological polar surface area (TPSA) is 21.3 Å². The predicted octanol–water partition coefficient (Wildman–Crippen LogP) is 4.82. The van der Waals surface area contributed by atoms with Gasteiger partial charge in [0.15, 0.2) is 0 Å². The van der Waals surface area contributed by atoms with E-state index in [4.69, 9.17) is 4.74 Å². The molecule has 1 N–H and O–H groups in total. The average molecular weight is 340 g/mol. The van der Waals surface area contributed by atoms with Crippen molar-refractivity contribution in [2.45, 2.75) is 59.0 Å². The maximum atomic E-state index is 6.08. The first-order chi connectivity index (χ1) is 9.35. The minimum absolute atomic E-state index is 0.113. The molecule has 0 aromatic heterocycles. The summed E-state index contributed by atoms with van der Waals surface area (Å²) in [7, 11) is 0. The van der Waals surface area contributed by atoms with Gasteiger partial charge in [-0.2, -0.15) is 0 Å². The maximum absolute atomic E-state index is 6.08. The van der Waals surface area contributed by atoms with Crippen molar-refractivity contribution in [2.75, 3.05) is 6.61 Å². The lowest BCUT2D eigenvalue weighted by Crippen LogP contribution is -2.35. The van der Waals surface area contributed by atoms with Crippen LogP contribution < -0.4 is 10.1 Å². The quantitative estimate of drug-likeness (QED) is 0.801. The third-order valence-electron chi connectivity index (χ3n) is 3.59. The highest BCUT2D eigenvalue weighted by Crippen LogP contribution is 2.33. The van der Waals surface area contributed by atoms with Crippen molar-refractivity contribution in [3.05, 3.63) is 27.7 Å². The van der Waals surface area contributed by atoms with Crippen molar-refractivity contribution in [1.82, 2.24) is 5.32 Å². The summed E-state index contributed by atoms with van der Waals surface area (Å²) < 4.78 is 7.20. The molecule has 0 aliphatic heterocycles. The molecule has 0 radical (unpaired) electrons. The van der Waals surface area contributed by atoms with E-state index in [0.717, 1.165) is 29.3 Å². The molecule has 2 rings (SSSR count). The molecule has 2 nitrogen and oxygen atoms in total. The van der Waals surface area contributed by atoms with Crippen molar-refractivity contribution in [1.29, 1.82) is 0 Å². The van der Waals surface area contributed by atoms with Crippen LogP contribution in [0.3, 0.4) is 0 Å². The fraction of sp³-hybridized carbons (Fsp3) is 0.647. The van der Waals surface area contributed by atoms with E-state index in [1.807, 2.05) is 0 Å². The molecule has 0 saturated heterocycles. The van der Waals surface area contributed by atoms with Crippen LogP contribution in [0.15, 0.2) is 16.6 Å². The Labute approximate surface area is 131 Å². The molecule has 0 spiro atoms. The van der Waals surface area contributed by atoms with Crippen LogP contribution in [0.4, 0.5) is 0 Å². The molecule has 20 heavy (non-hydrogen) atoms. The van der Waals surface area contributed by atoms with E-state index >= 15 is 0 Å². The minimum Gasteiger partial charge on any atom is -0.493 e. The maximum Gasteiger partial charge on any atom is 0.126 e. The molecule has 0 atom stereocenters. The molecule has 0 unspecified atom stereocenters. The zero-order valence-corrected chi connectivity index (χ0v) is 14.6. The van der Waals surface area contributed by atoms with Crippen molar-refractivity contribution >= 4 is 15.9 Å². The van der Waals surface area contributed by atoms with Gasteiger partial charge < -0.3 is 10.1 Å². The highest BCUT2D eigenvalue weighted by atomic mass is 79.9. The van der Waals surface area contributed by atoms with Gasteiger partial charge in [0.1, 0.15) is 5.75 Å². The summed E-state index contributed by atoms with van der Waals surface area (Å²) in [6, 6.07) is 4.30. The summed E-state index contributed by atoms with van der Waals surface area (Å²) in [6.45, 7) is 10.4. The molecule has 1 aromatic rings. The highest BCUT2D eigenvalue weighted by molar-refractivity contribution is 9.10. The van der Waals surface area contributed by atoms with Crippen LogP contribution in [0.2, 0.25) is 0 Å². The number of benzene rings is 1. The average Bonchev–Trinajstić information content (AvgIpc) is 3.12. The van der Waals surface area contributed by atoms with E-state index in [1.54, 1.807) is 0 Å². The first-order valence-corrected chi connectivity index (χ1v) is 8.31. The first-order valence-electron chi connectivity index (χ1n) is 7.52. The lowest BCUT2D eigenvalue weighted by atomic mass is 10.1. The van der Waals surface area contributed by atoms with Crippen LogP contribution in [0.25, 0.3) is 0 Å². The number of hydrogen-bond donors (Lipinski definition) is 1. The fourth-order valence-corrected chi connectivity index (χ4v) is 2.85. The predicted molar refractivity (Wildman–Crippen MR) is 88.3 cm³/mol. The molecule has 1 aromatic carbocycles. The second-order valence-corrected chi connectivity index (χ2v) is 7.81. The fourth-order valence-electron chi connectivity index (χ4n) is 2.23. The van der Waals surface area contributed by atoms with Gasteiger partial charge in [-0.05, 0) is 57.7 Å². The second-order valence-electron chi connectivity index (χ2n) is 6.90. The summed E-state index contributed by atoms with van der Waals surface area (Å²) in [4.78, 5) is 0. The third kappa shape index (κ3) is 5.10. The van der Waals surface area contributed by atoms with Crippen molar-refractivity contribution in [2.24, 2.45) is 5.92 Å². The summed E-state index contributed by atoms with van der Waals surface area (Å²) in [6.07, 6.45) is 3.98. The van der Waals surface area contributed by atoms with Crippen molar-refractivity contribution in [3.8, 4) is 5.75 Å². The van der Waals surface area contributed by atoms with E-state index in [9.17, 15) is 0 Å². The summed E-state index contributed by atoms with van der Waals surface area (Å²) in [5.41, 5.74) is 2.56. The van der Waals surface area contributed by atoms with Gasteiger partial charge in [-0.15, -0.1) is 0 Å². The van der Waals surface area contributed by atoms with E-state index < -0.39 is 0 Å². The Morgan fingerprint density at radius 2 is 2.00 bits per heavy atom. The zero-order chi connectivity index (χ0) is 14.8. The molecule has 1 aliphatic carbocycles. The number of rotatable bonds is 6. The van der Waals surface area contributed by atoms with Gasteiger partial charge in [-0.3, -0.25) is 0 Å². The molecule has 1 saturated carbocycles. The monoisotopic (exact) mass is 339 g/mol. The van der Waals surface area contributed by atoms with Gasteiger partial charge in [0.2, 0.25) is 0 Å². The van der Waals surface area contributed by atoms with E-state index in [1.165, 1.54) is 30.4 Å². The lowest BCUT2D eigenvalue weighted by molar-refractivity contribution is 0.295. The molecular weight excluding hydrogens is 314 g/mol. The van der Waals surface area contributed by atoms with Crippen LogP contribution in [-0.2, 0) is 6.54 Å². The molecule has 1 fully saturated rings. The highest BCUT2D eigenvalue weighted by Gasteiger charge is 2.21. The minimum atomic E-state index is 0.113. The molecule has 112 valence electrons. The van der Waals surface area contributed by atoms with E-state index in [0.29, 0.717) is 0 Å². The SMILES string of the molecule is Cc1cc(Br)cc(CNC(C)(C)C)c1OCCC1CC1. The van der Waals surface area contributed by atoms with Crippen LogP contribution >= 0.6 is 15.9 Å². The molecular formula is C17H26BrNO. The Bertz CT molecular complexity index is 461. The van der Waals surface area contributed by atoms with Crippen LogP contribution in [-0.4, -0.2) is 12.1 Å². The third-order valence-corrected chi connectivity index (χ3v) is 4.05. The first kappa shape index (κ1) is 15.8. The van der Waals surface area contributed by atoms with Gasteiger partial charge in [0.25, 0.3) is 0 Å². The van der Waals surface area contributed by atoms with Gasteiger partial charge in [-0.1, -0.05) is 28.8 Å². The van der Waals surface area contributed by atoms with Gasteiger partial charge in [-0.25, -0.2) is 0 Å². The lowest BCUT2D eigenvalue weighted by Gasteiger charge is -2.22. The zero-order valence-electron chi connectivity index (χ0n) is 13.1. The standard InChI is InChI=1S/C17H26BrNO/c1-12-9-15(18)10-14(11-19-17(2,3)4)16(12)20-8-7-13-5-6-13/h9-10,13,19H,5-8,11H2,1-4H3. The Morgan fingerprint density at radius 1 is 1.30 bits per heavy atom. The summed E-state index contributed by atoms with van der Waals surface area (Å²) >= 11 is 3.59. The normalized spacial score (nSPS) is 15.4. The van der Waals surface area contributed by atoms with Crippen LogP contribution in [0, 0.1) is 12.8 Å². The summed E-state index contributed by atoms with van der Waals surface area (Å²) in [5.74, 6) is 1.98. The van der Waals surface area contributed by atoms with Crippen molar-refractivity contribution in [3.63, 3.8) is 0 Å².